The van der Waals surface area contributed by atoms with Crippen LogP contribution in [0.2, 0.25) is 0 Å². The van der Waals surface area contributed by atoms with E-state index in [4.69, 9.17) is 19.1 Å². The lowest BCUT2D eigenvalue weighted by Gasteiger charge is -2.32. The Morgan fingerprint density at radius 1 is 0.889 bits per heavy atom. The van der Waals surface area contributed by atoms with Gasteiger partial charge in [-0.15, -0.1) is 0 Å². The summed E-state index contributed by atoms with van der Waals surface area (Å²) >= 11 is 0. The average Bonchev–Trinajstić information content (AvgIpc) is 2.80. The largest absolute Gasteiger partial charge is 0.465 e. The molecule has 7 nitrogen and oxygen atoms in total. The van der Waals surface area contributed by atoms with E-state index in [1.54, 1.807) is 0 Å². The van der Waals surface area contributed by atoms with Gasteiger partial charge < -0.3 is 14.8 Å². The molecule has 1 fully saturated rings. The topological polar surface area (TPSA) is 98.8 Å². The first-order chi connectivity index (χ1) is 17.1. The van der Waals surface area contributed by atoms with E-state index in [0.29, 0.717) is 17.4 Å². The van der Waals surface area contributed by atoms with Crippen LogP contribution in [-0.2, 0) is 19.1 Å². The lowest BCUT2D eigenvalue weighted by atomic mass is 9.78. The minimum Gasteiger partial charge on any atom is -0.465 e. The number of carbonyl (C=O) groups is 2. The summed E-state index contributed by atoms with van der Waals surface area (Å²) in [5, 5.41) is 3.16. The van der Waals surface area contributed by atoms with Gasteiger partial charge in [-0.3, -0.25) is 0 Å². The standard InChI is InChI=1S/C28H37NO4.CO2/c1-19-9-11-20(12-10-19)23-7-6-8-24(21-13-15-22(16-14-21)26(30)32-5)18-25(17-23)29-27(31)33-28(2,3)4;2-1-3/h9-16,23-25H,6-8,17-18H2,1-5H3,(H,29,31);. The Balaban J connectivity index is 0.00000145. The van der Waals surface area contributed by atoms with Gasteiger partial charge in [0, 0.05) is 6.04 Å². The first-order valence-electron chi connectivity index (χ1n) is 12.3. The predicted octanol–water partition coefficient (Wildman–Crippen LogP) is 5.92. The second-order valence-corrected chi connectivity index (χ2v) is 10.2. The number of rotatable bonds is 4. The number of hydrogen-bond acceptors (Lipinski definition) is 6. The molecule has 2 aromatic carbocycles. The van der Waals surface area contributed by atoms with Crippen LogP contribution in [0.5, 0.6) is 0 Å². The molecule has 1 aliphatic carbocycles. The van der Waals surface area contributed by atoms with Crippen molar-refractivity contribution in [1.82, 2.24) is 5.32 Å². The first kappa shape index (κ1) is 28.8. The third-order valence-corrected chi connectivity index (χ3v) is 6.32. The van der Waals surface area contributed by atoms with Gasteiger partial charge in [0.1, 0.15) is 5.60 Å². The molecule has 7 heteroatoms. The van der Waals surface area contributed by atoms with Gasteiger partial charge in [-0.2, -0.15) is 9.59 Å². The van der Waals surface area contributed by atoms with Crippen molar-refractivity contribution >= 4 is 18.2 Å². The van der Waals surface area contributed by atoms with E-state index in [-0.39, 0.29) is 24.3 Å². The van der Waals surface area contributed by atoms with Gasteiger partial charge >= 0.3 is 18.2 Å². The number of nitrogens with one attached hydrogen (secondary N) is 1. The molecule has 1 aliphatic rings. The molecule has 36 heavy (non-hydrogen) atoms. The number of ether oxygens (including phenoxy) is 2. The molecule has 0 bridgehead atoms. The second kappa shape index (κ2) is 13.6. The van der Waals surface area contributed by atoms with E-state index >= 15 is 0 Å². The van der Waals surface area contributed by atoms with Gasteiger partial charge in [-0.1, -0.05) is 48.4 Å². The maximum Gasteiger partial charge on any atom is 0.407 e. The maximum atomic E-state index is 12.6. The number of alkyl carbamates (subject to hydrolysis) is 1. The molecule has 0 saturated heterocycles. The number of carbonyl (C=O) groups excluding carboxylic acids is 4. The number of hydrogen-bond donors (Lipinski definition) is 1. The molecular formula is C29H37NO6. The highest BCUT2D eigenvalue weighted by Crippen LogP contribution is 2.37. The maximum absolute atomic E-state index is 12.6. The van der Waals surface area contributed by atoms with Crippen LogP contribution in [0.3, 0.4) is 0 Å². The Kier molecular flexibility index (Phi) is 10.9. The van der Waals surface area contributed by atoms with Crippen LogP contribution in [0.1, 0.15) is 91.8 Å². The average molecular weight is 496 g/mol. The SMILES string of the molecule is COC(=O)c1ccc(C2CCCC(c3ccc(C)cc3)CC(NC(=O)OC(C)(C)C)C2)cc1.O=C=O. The van der Waals surface area contributed by atoms with E-state index < -0.39 is 5.60 Å². The Bertz CT molecular complexity index is 1020. The van der Waals surface area contributed by atoms with Crippen molar-refractivity contribution in [3.63, 3.8) is 0 Å². The Morgan fingerprint density at radius 2 is 1.36 bits per heavy atom. The van der Waals surface area contributed by atoms with Crippen LogP contribution in [-0.4, -0.2) is 37.0 Å². The van der Waals surface area contributed by atoms with Gasteiger partial charge in [0.2, 0.25) is 0 Å². The summed E-state index contributed by atoms with van der Waals surface area (Å²) in [5.74, 6) is 0.369. The lowest BCUT2D eigenvalue weighted by Crippen LogP contribution is -2.41. The molecule has 0 aromatic heterocycles. The van der Waals surface area contributed by atoms with Gasteiger partial charge in [0.05, 0.1) is 12.7 Å². The van der Waals surface area contributed by atoms with Crippen molar-refractivity contribution in [2.24, 2.45) is 0 Å². The number of amides is 1. The molecule has 3 atom stereocenters. The highest BCUT2D eigenvalue weighted by atomic mass is 16.6. The fourth-order valence-corrected chi connectivity index (χ4v) is 4.67. The minimum absolute atomic E-state index is 0.00302. The number of esters is 1. The zero-order valence-electron chi connectivity index (χ0n) is 21.8. The zero-order valence-corrected chi connectivity index (χ0v) is 21.8. The zero-order chi connectivity index (χ0) is 26.7. The van der Waals surface area contributed by atoms with Gasteiger partial charge in [-0.05, 0) is 88.5 Å². The summed E-state index contributed by atoms with van der Waals surface area (Å²) < 4.78 is 10.4. The normalized spacial score (nSPS) is 19.9. The molecule has 0 radical (unpaired) electrons. The van der Waals surface area contributed by atoms with Crippen molar-refractivity contribution in [3.8, 4) is 0 Å². The third-order valence-electron chi connectivity index (χ3n) is 6.32. The summed E-state index contributed by atoms with van der Waals surface area (Å²) in [6.07, 6.45) is 4.81. The van der Waals surface area contributed by atoms with Crippen molar-refractivity contribution in [3.05, 3.63) is 70.8 Å². The van der Waals surface area contributed by atoms with Crippen LogP contribution in [0, 0.1) is 6.92 Å². The van der Waals surface area contributed by atoms with Crippen molar-refractivity contribution in [2.45, 2.75) is 83.3 Å². The molecule has 1 saturated carbocycles. The molecule has 194 valence electrons. The lowest BCUT2D eigenvalue weighted by molar-refractivity contribution is -0.191. The predicted molar refractivity (Wildman–Crippen MR) is 136 cm³/mol. The van der Waals surface area contributed by atoms with Crippen LogP contribution >= 0.6 is 0 Å². The second-order valence-electron chi connectivity index (χ2n) is 10.2. The molecular weight excluding hydrogens is 458 g/mol. The molecule has 2 aromatic rings. The number of aryl methyl sites for hydroxylation is 1. The summed E-state index contributed by atoms with van der Waals surface area (Å²) in [5.41, 5.74) is 3.79. The van der Waals surface area contributed by atoms with Gasteiger partial charge in [0.15, 0.2) is 0 Å². The molecule has 1 N–H and O–H groups in total. The smallest absolute Gasteiger partial charge is 0.407 e. The van der Waals surface area contributed by atoms with E-state index in [1.807, 2.05) is 45.0 Å². The highest BCUT2D eigenvalue weighted by molar-refractivity contribution is 5.89. The first-order valence-corrected chi connectivity index (χ1v) is 12.3. The molecule has 3 rings (SSSR count). The number of benzene rings is 2. The van der Waals surface area contributed by atoms with Crippen molar-refractivity contribution in [2.75, 3.05) is 7.11 Å². The Labute approximate surface area is 213 Å². The van der Waals surface area contributed by atoms with E-state index in [1.165, 1.54) is 23.8 Å². The highest BCUT2D eigenvalue weighted by Gasteiger charge is 2.28. The fraction of sp³-hybridized carbons (Fsp3) is 0.483. The van der Waals surface area contributed by atoms with E-state index in [0.717, 1.165) is 32.1 Å². The Morgan fingerprint density at radius 3 is 1.81 bits per heavy atom. The van der Waals surface area contributed by atoms with Gasteiger partial charge in [0.25, 0.3) is 0 Å². The summed E-state index contributed by atoms with van der Waals surface area (Å²) in [4.78, 5) is 40.7. The molecule has 1 amide bonds. The molecule has 0 spiro atoms. The van der Waals surface area contributed by atoms with Gasteiger partial charge in [-0.25, -0.2) is 9.59 Å². The van der Waals surface area contributed by atoms with Crippen LogP contribution < -0.4 is 5.32 Å². The third kappa shape index (κ3) is 9.31. The van der Waals surface area contributed by atoms with Crippen molar-refractivity contribution < 1.29 is 28.7 Å². The summed E-state index contributed by atoms with van der Waals surface area (Å²) in [6.45, 7) is 7.74. The van der Waals surface area contributed by atoms with E-state index in [9.17, 15) is 9.59 Å². The molecule has 0 aliphatic heterocycles. The summed E-state index contributed by atoms with van der Waals surface area (Å²) in [6, 6.07) is 16.4. The van der Waals surface area contributed by atoms with E-state index in [2.05, 4.69) is 36.5 Å². The molecule has 0 heterocycles. The minimum atomic E-state index is -0.537. The van der Waals surface area contributed by atoms with Crippen LogP contribution in [0.15, 0.2) is 48.5 Å². The monoisotopic (exact) mass is 495 g/mol. The fourth-order valence-electron chi connectivity index (χ4n) is 4.67. The van der Waals surface area contributed by atoms with Crippen LogP contribution in [0.25, 0.3) is 0 Å². The Hall–Kier alpha value is -3.44. The number of methoxy groups -OCH3 is 1. The van der Waals surface area contributed by atoms with Crippen LogP contribution in [0.4, 0.5) is 4.79 Å². The summed E-state index contributed by atoms with van der Waals surface area (Å²) in [7, 11) is 1.39. The van der Waals surface area contributed by atoms with Crippen molar-refractivity contribution in [1.29, 1.82) is 0 Å². The quantitative estimate of drug-likeness (QED) is 0.529. The molecule has 3 unspecified atom stereocenters.